The number of nitrogens with zero attached hydrogens (tertiary/aromatic N) is 2. The van der Waals surface area contributed by atoms with Gasteiger partial charge < -0.3 is 4.90 Å². The highest BCUT2D eigenvalue weighted by Gasteiger charge is 2.28. The van der Waals surface area contributed by atoms with Gasteiger partial charge in [-0.25, -0.2) is 8.42 Å². The first-order chi connectivity index (χ1) is 15.8. The molecule has 0 aliphatic rings. The molecule has 0 bridgehead atoms. The Morgan fingerprint density at radius 2 is 1.73 bits per heavy atom. The summed E-state index contributed by atoms with van der Waals surface area (Å²) in [7, 11) is -3.71. The second-order valence-corrected chi connectivity index (χ2v) is 11.2. The lowest BCUT2D eigenvalue weighted by molar-refractivity contribution is 0.0676. The third kappa shape index (κ3) is 6.03. The van der Waals surface area contributed by atoms with Gasteiger partial charge in [-0.1, -0.05) is 61.8 Å². The molecular weight excluding hydrogens is 476 g/mol. The van der Waals surface area contributed by atoms with Crippen LogP contribution in [-0.4, -0.2) is 42.7 Å². The molecule has 0 saturated carbocycles. The predicted molar refractivity (Wildman–Crippen MR) is 135 cm³/mol. The molecule has 2 aromatic carbocycles. The summed E-state index contributed by atoms with van der Waals surface area (Å²) in [5.74, 6) is -0.287. The Hall–Kier alpha value is -2.19. The van der Waals surface area contributed by atoms with Gasteiger partial charge in [0, 0.05) is 37.0 Å². The van der Waals surface area contributed by atoms with Crippen molar-refractivity contribution in [3.63, 3.8) is 0 Å². The average Bonchev–Trinajstić information content (AvgIpc) is 3.31. The summed E-state index contributed by atoms with van der Waals surface area (Å²) in [5, 5.41) is 2.25. The lowest BCUT2D eigenvalue weighted by Crippen LogP contribution is -2.39. The molecule has 0 aliphatic heterocycles. The maximum absolute atomic E-state index is 13.8. The third-order valence-corrected chi connectivity index (χ3v) is 8.85. The summed E-state index contributed by atoms with van der Waals surface area (Å²) in [6.07, 6.45) is 0.700. The summed E-state index contributed by atoms with van der Waals surface area (Å²) < 4.78 is 27.5. The Kier molecular flexibility index (Phi) is 8.70. The standard InChI is InChI=1S/C25H29ClN2O3S2/c1-4-27(5-2)33(30,31)22-13-14-24(26)23(17-22)25(29)28(18-20-10-7-6-8-11-20)19(3)16-21-12-9-15-32-21/h6-15,17,19H,4-5,16,18H2,1-3H3/t19-/m0/s1. The van der Waals surface area contributed by atoms with Crippen LogP contribution in [0.5, 0.6) is 0 Å². The summed E-state index contributed by atoms with van der Waals surface area (Å²) in [5.41, 5.74) is 1.19. The molecule has 3 rings (SSSR count). The lowest BCUT2D eigenvalue weighted by atomic mass is 10.1. The maximum Gasteiger partial charge on any atom is 0.255 e. The Morgan fingerprint density at radius 1 is 1.03 bits per heavy atom. The SMILES string of the molecule is CCN(CC)S(=O)(=O)c1ccc(Cl)c(C(=O)N(Cc2ccccc2)[C@@H](C)Cc2cccs2)c1. The van der Waals surface area contributed by atoms with Crippen molar-refractivity contribution in [3.05, 3.63) is 87.1 Å². The fourth-order valence-corrected chi connectivity index (χ4v) is 6.24. The Morgan fingerprint density at radius 3 is 2.33 bits per heavy atom. The first-order valence-electron chi connectivity index (χ1n) is 10.9. The number of sulfonamides is 1. The molecule has 3 aromatic rings. The van der Waals surface area contributed by atoms with Crippen molar-refractivity contribution < 1.29 is 13.2 Å². The number of amides is 1. The van der Waals surface area contributed by atoms with Crippen LogP contribution in [0.4, 0.5) is 0 Å². The molecule has 0 N–H and O–H groups in total. The van der Waals surface area contributed by atoms with Crippen molar-refractivity contribution >= 4 is 38.9 Å². The smallest absolute Gasteiger partial charge is 0.255 e. The van der Waals surface area contributed by atoms with Gasteiger partial charge in [0.15, 0.2) is 0 Å². The number of thiophene rings is 1. The topological polar surface area (TPSA) is 57.7 Å². The molecule has 0 spiro atoms. The zero-order chi connectivity index (χ0) is 24.0. The molecule has 0 radical (unpaired) electrons. The van der Waals surface area contributed by atoms with E-state index in [1.807, 2.05) is 48.7 Å². The molecule has 1 atom stereocenters. The predicted octanol–water partition coefficient (Wildman–Crippen LogP) is 5.71. The number of halogens is 1. The van der Waals surface area contributed by atoms with E-state index in [9.17, 15) is 13.2 Å². The van der Waals surface area contributed by atoms with E-state index in [2.05, 4.69) is 6.07 Å². The average molecular weight is 505 g/mol. The Labute approximate surface area is 205 Å². The van der Waals surface area contributed by atoms with E-state index < -0.39 is 10.0 Å². The van der Waals surface area contributed by atoms with Crippen molar-refractivity contribution in [1.29, 1.82) is 0 Å². The normalized spacial score (nSPS) is 12.6. The van der Waals surface area contributed by atoms with Crippen LogP contribution < -0.4 is 0 Å². The van der Waals surface area contributed by atoms with Crippen molar-refractivity contribution in [2.45, 2.75) is 44.7 Å². The number of hydrogen-bond acceptors (Lipinski definition) is 4. The molecular formula is C25H29ClN2O3S2. The van der Waals surface area contributed by atoms with Crippen LogP contribution in [-0.2, 0) is 23.0 Å². The highest BCUT2D eigenvalue weighted by molar-refractivity contribution is 7.89. The molecule has 1 amide bonds. The van der Waals surface area contributed by atoms with Crippen LogP contribution in [0.3, 0.4) is 0 Å². The number of carbonyl (C=O) groups is 1. The quantitative estimate of drug-likeness (QED) is 0.355. The minimum Gasteiger partial charge on any atom is -0.331 e. The van der Waals surface area contributed by atoms with E-state index in [1.165, 1.54) is 27.4 Å². The molecule has 33 heavy (non-hydrogen) atoms. The van der Waals surface area contributed by atoms with Crippen LogP contribution in [0, 0.1) is 0 Å². The van der Waals surface area contributed by atoms with Gasteiger partial charge in [-0.2, -0.15) is 4.31 Å². The van der Waals surface area contributed by atoms with E-state index in [4.69, 9.17) is 11.6 Å². The number of benzene rings is 2. The summed E-state index contributed by atoms with van der Waals surface area (Å²) in [6, 6.07) is 18.1. The summed E-state index contributed by atoms with van der Waals surface area (Å²) in [6.45, 7) is 6.68. The van der Waals surface area contributed by atoms with Gasteiger partial charge in [-0.15, -0.1) is 11.3 Å². The van der Waals surface area contributed by atoms with Crippen LogP contribution in [0.1, 0.15) is 41.6 Å². The van der Waals surface area contributed by atoms with Gasteiger partial charge in [0.25, 0.3) is 5.91 Å². The molecule has 0 saturated heterocycles. The van der Waals surface area contributed by atoms with Crippen molar-refractivity contribution in [2.75, 3.05) is 13.1 Å². The number of rotatable bonds is 10. The fraction of sp³-hybridized carbons (Fsp3) is 0.320. The van der Waals surface area contributed by atoms with Crippen LogP contribution in [0.2, 0.25) is 5.02 Å². The third-order valence-electron chi connectivity index (χ3n) is 5.58. The van der Waals surface area contributed by atoms with Gasteiger partial charge in [0.05, 0.1) is 15.5 Å². The second-order valence-electron chi connectivity index (χ2n) is 7.78. The van der Waals surface area contributed by atoms with E-state index in [-0.39, 0.29) is 27.4 Å². The van der Waals surface area contributed by atoms with Gasteiger partial charge >= 0.3 is 0 Å². The number of carbonyl (C=O) groups excluding carboxylic acids is 1. The highest BCUT2D eigenvalue weighted by Crippen LogP contribution is 2.26. The van der Waals surface area contributed by atoms with Crippen LogP contribution in [0.25, 0.3) is 0 Å². The zero-order valence-electron chi connectivity index (χ0n) is 19.1. The number of hydrogen-bond donors (Lipinski definition) is 0. The molecule has 1 aromatic heterocycles. The molecule has 1 heterocycles. The largest absolute Gasteiger partial charge is 0.331 e. The zero-order valence-corrected chi connectivity index (χ0v) is 21.5. The lowest BCUT2D eigenvalue weighted by Gasteiger charge is -2.30. The Bertz CT molecular complexity index is 1160. The minimum absolute atomic E-state index is 0.0736. The van der Waals surface area contributed by atoms with Gasteiger partial charge in [0.1, 0.15) is 0 Å². The Balaban J connectivity index is 1.99. The van der Waals surface area contributed by atoms with Crippen LogP contribution >= 0.6 is 22.9 Å². The second kappa shape index (κ2) is 11.3. The summed E-state index contributed by atoms with van der Waals surface area (Å²) in [4.78, 5) is 16.8. The molecule has 0 fully saturated rings. The van der Waals surface area contributed by atoms with E-state index in [0.717, 1.165) is 5.56 Å². The van der Waals surface area contributed by atoms with Crippen molar-refractivity contribution in [3.8, 4) is 0 Å². The van der Waals surface area contributed by atoms with Crippen molar-refractivity contribution in [2.24, 2.45) is 0 Å². The molecule has 0 aliphatic carbocycles. The fourth-order valence-electron chi connectivity index (χ4n) is 3.73. The highest BCUT2D eigenvalue weighted by atomic mass is 35.5. The van der Waals surface area contributed by atoms with Gasteiger partial charge in [-0.05, 0) is 42.1 Å². The van der Waals surface area contributed by atoms with E-state index in [1.54, 1.807) is 30.1 Å². The molecule has 5 nitrogen and oxygen atoms in total. The monoisotopic (exact) mass is 504 g/mol. The van der Waals surface area contributed by atoms with E-state index >= 15 is 0 Å². The maximum atomic E-state index is 13.8. The van der Waals surface area contributed by atoms with Gasteiger partial charge in [-0.3, -0.25) is 4.79 Å². The molecule has 8 heteroatoms. The molecule has 0 unspecified atom stereocenters. The van der Waals surface area contributed by atoms with Crippen molar-refractivity contribution in [1.82, 2.24) is 9.21 Å². The van der Waals surface area contributed by atoms with Crippen LogP contribution in [0.15, 0.2) is 70.9 Å². The van der Waals surface area contributed by atoms with E-state index in [0.29, 0.717) is 26.1 Å². The summed E-state index contributed by atoms with van der Waals surface area (Å²) >= 11 is 8.08. The first kappa shape index (κ1) is 25.4. The van der Waals surface area contributed by atoms with Gasteiger partial charge in [0.2, 0.25) is 10.0 Å². The molecule has 176 valence electrons. The minimum atomic E-state index is -3.71. The first-order valence-corrected chi connectivity index (χ1v) is 13.6.